The first-order valence-electron chi connectivity index (χ1n) is 3.24. The Morgan fingerprint density at radius 2 is 2.45 bits per heavy atom. The highest BCUT2D eigenvalue weighted by Crippen LogP contribution is 2.12. The highest BCUT2D eigenvalue weighted by Gasteiger charge is 2.04. The fourth-order valence-electron chi connectivity index (χ4n) is 0.827. The molecule has 60 valence electrons. The molecule has 1 aromatic heterocycles. The molecule has 3 nitrogen and oxygen atoms in total. The first-order valence-corrected chi connectivity index (χ1v) is 4.12. The molecular weight excluding hydrogens is 160 g/mol. The highest BCUT2D eigenvalue weighted by atomic mass is 32.1. The molecule has 0 aliphatic heterocycles. The van der Waals surface area contributed by atoms with Gasteiger partial charge in [-0.05, 0) is 13.8 Å². The lowest BCUT2D eigenvalue weighted by atomic mass is 10.3. The minimum Gasteiger partial charge on any atom is -0.399 e. The number of hydrogen-bond acceptors (Lipinski definition) is 4. The van der Waals surface area contributed by atoms with Crippen molar-refractivity contribution >= 4 is 17.0 Å². The molecule has 1 aromatic rings. The van der Waals surface area contributed by atoms with Crippen molar-refractivity contribution in [2.75, 3.05) is 7.11 Å². The number of thiazole rings is 1. The minimum absolute atomic E-state index is 0.882. The van der Waals surface area contributed by atoms with E-state index < -0.39 is 0 Å². The Morgan fingerprint density at radius 1 is 1.73 bits per heavy atom. The quantitative estimate of drug-likeness (QED) is 0.501. The second kappa shape index (κ2) is 3.48. The Balaban J connectivity index is 2.92. The van der Waals surface area contributed by atoms with Gasteiger partial charge in [-0.2, -0.15) is 0 Å². The number of rotatable bonds is 2. The van der Waals surface area contributed by atoms with Gasteiger partial charge in [0.25, 0.3) is 0 Å². The van der Waals surface area contributed by atoms with Gasteiger partial charge in [0, 0.05) is 0 Å². The molecule has 4 heteroatoms. The summed E-state index contributed by atoms with van der Waals surface area (Å²) in [5.41, 5.74) is 3.69. The standard InChI is InChI=1S/C7H10N2OS/c1-5-7(11-4-8-5)6(2)9-10-3/h4H,1-3H3. The molecule has 0 aliphatic rings. The van der Waals surface area contributed by atoms with Gasteiger partial charge in [0.2, 0.25) is 0 Å². The van der Waals surface area contributed by atoms with E-state index in [0.29, 0.717) is 0 Å². The third-order valence-corrected chi connectivity index (χ3v) is 2.34. The van der Waals surface area contributed by atoms with Gasteiger partial charge in [-0.1, -0.05) is 5.16 Å². The zero-order valence-electron chi connectivity index (χ0n) is 6.79. The maximum absolute atomic E-state index is 4.65. The Hall–Kier alpha value is -0.900. The van der Waals surface area contributed by atoms with E-state index in [0.717, 1.165) is 16.3 Å². The molecule has 0 bridgehead atoms. The summed E-state index contributed by atoms with van der Waals surface area (Å²) in [7, 11) is 1.54. The van der Waals surface area contributed by atoms with Crippen molar-refractivity contribution in [1.29, 1.82) is 0 Å². The average Bonchev–Trinajstić information content (AvgIpc) is 2.36. The number of hydrogen-bond donors (Lipinski definition) is 0. The van der Waals surface area contributed by atoms with Crippen molar-refractivity contribution in [1.82, 2.24) is 4.98 Å². The Kier molecular flexibility index (Phi) is 2.59. The molecular formula is C7H10N2OS. The van der Waals surface area contributed by atoms with Crippen LogP contribution < -0.4 is 0 Å². The molecule has 11 heavy (non-hydrogen) atoms. The first kappa shape index (κ1) is 8.20. The number of aryl methyl sites for hydroxylation is 1. The highest BCUT2D eigenvalue weighted by molar-refractivity contribution is 7.12. The predicted octanol–water partition coefficient (Wildman–Crippen LogP) is 1.82. The number of nitrogens with zero attached hydrogens (tertiary/aromatic N) is 2. The van der Waals surface area contributed by atoms with Crippen molar-refractivity contribution in [2.45, 2.75) is 13.8 Å². The van der Waals surface area contributed by atoms with Crippen molar-refractivity contribution < 1.29 is 4.84 Å². The van der Waals surface area contributed by atoms with Crippen molar-refractivity contribution in [3.05, 3.63) is 16.1 Å². The zero-order valence-corrected chi connectivity index (χ0v) is 7.60. The summed E-state index contributed by atoms with van der Waals surface area (Å²) < 4.78 is 0. The molecule has 0 aromatic carbocycles. The van der Waals surface area contributed by atoms with Crippen LogP contribution in [0, 0.1) is 6.92 Å². The topological polar surface area (TPSA) is 34.5 Å². The van der Waals surface area contributed by atoms with E-state index in [1.54, 1.807) is 24.0 Å². The fourth-order valence-corrected chi connectivity index (χ4v) is 1.57. The van der Waals surface area contributed by atoms with Crippen LogP contribution in [0.2, 0.25) is 0 Å². The molecule has 0 radical (unpaired) electrons. The molecule has 0 unspecified atom stereocenters. The molecule has 0 N–H and O–H groups in total. The maximum Gasteiger partial charge on any atom is 0.106 e. The molecule has 0 spiro atoms. The third-order valence-electron chi connectivity index (χ3n) is 1.30. The van der Waals surface area contributed by atoms with E-state index in [1.165, 1.54) is 0 Å². The fraction of sp³-hybridized carbons (Fsp3) is 0.429. The van der Waals surface area contributed by atoms with Crippen molar-refractivity contribution in [2.24, 2.45) is 5.16 Å². The van der Waals surface area contributed by atoms with Gasteiger partial charge in [0.05, 0.1) is 21.8 Å². The second-order valence-electron chi connectivity index (χ2n) is 2.13. The summed E-state index contributed by atoms with van der Waals surface area (Å²) in [6, 6.07) is 0. The van der Waals surface area contributed by atoms with Gasteiger partial charge < -0.3 is 4.84 Å². The Labute approximate surface area is 69.7 Å². The monoisotopic (exact) mass is 170 g/mol. The van der Waals surface area contributed by atoms with Crippen LogP contribution >= 0.6 is 11.3 Å². The van der Waals surface area contributed by atoms with Crippen molar-refractivity contribution in [3.8, 4) is 0 Å². The van der Waals surface area contributed by atoms with Gasteiger partial charge in [-0.3, -0.25) is 0 Å². The first-order chi connectivity index (χ1) is 5.25. The van der Waals surface area contributed by atoms with Crippen LogP contribution in [0.1, 0.15) is 17.5 Å². The number of oxime groups is 1. The van der Waals surface area contributed by atoms with E-state index in [2.05, 4.69) is 15.0 Å². The molecule has 0 saturated heterocycles. The molecule has 0 saturated carbocycles. The summed E-state index contributed by atoms with van der Waals surface area (Å²) >= 11 is 1.58. The molecule has 1 rings (SSSR count). The lowest BCUT2D eigenvalue weighted by molar-refractivity contribution is 0.213. The predicted molar refractivity (Wildman–Crippen MR) is 46.1 cm³/mol. The lowest BCUT2D eigenvalue weighted by Crippen LogP contribution is -1.94. The normalized spacial score (nSPS) is 11.7. The van der Waals surface area contributed by atoms with Crippen LogP contribution in [0.3, 0.4) is 0 Å². The summed E-state index contributed by atoms with van der Waals surface area (Å²) in [5.74, 6) is 0. The van der Waals surface area contributed by atoms with Crippen LogP contribution in [0.5, 0.6) is 0 Å². The largest absolute Gasteiger partial charge is 0.399 e. The van der Waals surface area contributed by atoms with E-state index in [9.17, 15) is 0 Å². The second-order valence-corrected chi connectivity index (χ2v) is 2.98. The van der Waals surface area contributed by atoms with E-state index in [1.807, 2.05) is 13.8 Å². The number of aromatic nitrogens is 1. The smallest absolute Gasteiger partial charge is 0.106 e. The summed E-state index contributed by atoms with van der Waals surface area (Å²) in [5, 5.41) is 3.81. The van der Waals surface area contributed by atoms with Crippen LogP contribution in [-0.4, -0.2) is 17.8 Å². The van der Waals surface area contributed by atoms with Gasteiger partial charge in [-0.25, -0.2) is 4.98 Å². The van der Waals surface area contributed by atoms with E-state index >= 15 is 0 Å². The minimum atomic E-state index is 0.882. The van der Waals surface area contributed by atoms with E-state index in [-0.39, 0.29) is 0 Å². The van der Waals surface area contributed by atoms with Gasteiger partial charge in [-0.15, -0.1) is 11.3 Å². The van der Waals surface area contributed by atoms with E-state index in [4.69, 9.17) is 0 Å². The molecule has 0 atom stereocenters. The van der Waals surface area contributed by atoms with Gasteiger partial charge in [0.15, 0.2) is 0 Å². The Bertz CT molecular complexity index is 267. The van der Waals surface area contributed by atoms with Crippen LogP contribution in [0.25, 0.3) is 0 Å². The molecule has 0 aliphatic carbocycles. The molecule has 0 amide bonds. The van der Waals surface area contributed by atoms with Crippen molar-refractivity contribution in [3.63, 3.8) is 0 Å². The summed E-state index contributed by atoms with van der Waals surface area (Å²) in [6.45, 7) is 3.87. The zero-order chi connectivity index (χ0) is 8.27. The van der Waals surface area contributed by atoms with Gasteiger partial charge in [0.1, 0.15) is 7.11 Å². The average molecular weight is 170 g/mol. The van der Waals surface area contributed by atoms with Gasteiger partial charge >= 0.3 is 0 Å². The third kappa shape index (κ3) is 1.77. The van der Waals surface area contributed by atoms with Crippen LogP contribution in [-0.2, 0) is 4.84 Å². The summed E-state index contributed by atoms with van der Waals surface area (Å²) in [6.07, 6.45) is 0. The molecule has 1 heterocycles. The maximum atomic E-state index is 4.65. The molecule has 0 fully saturated rings. The Morgan fingerprint density at radius 3 is 2.91 bits per heavy atom. The summed E-state index contributed by atoms with van der Waals surface area (Å²) in [4.78, 5) is 9.84. The van der Waals surface area contributed by atoms with Crippen LogP contribution in [0.4, 0.5) is 0 Å². The SMILES string of the molecule is CON=C(C)c1scnc1C. The lowest BCUT2D eigenvalue weighted by Gasteiger charge is -1.94. The van der Waals surface area contributed by atoms with Crippen LogP contribution in [0.15, 0.2) is 10.7 Å².